The Morgan fingerprint density at radius 2 is 1.67 bits per heavy atom. The minimum absolute atomic E-state index is 0.0319. The highest BCUT2D eigenvalue weighted by molar-refractivity contribution is 7.19. The normalized spacial score (nSPS) is 13.7. The number of anilines is 1. The van der Waals surface area contributed by atoms with Gasteiger partial charge in [0, 0.05) is 23.8 Å². The Kier molecular flexibility index (Phi) is 9.15. The first-order valence-electron chi connectivity index (χ1n) is 14.6. The number of nitrogens with zero attached hydrogens (tertiary/aromatic N) is 3. The molecule has 1 atom stereocenters. The first-order valence-corrected chi connectivity index (χ1v) is 15.4. The zero-order chi connectivity index (χ0) is 32.4. The van der Waals surface area contributed by atoms with Gasteiger partial charge in [0.2, 0.25) is 5.95 Å². The molecule has 45 heavy (non-hydrogen) atoms. The average Bonchev–Trinajstić information content (AvgIpc) is 3.43. The van der Waals surface area contributed by atoms with E-state index in [0.717, 1.165) is 21.4 Å². The van der Waals surface area contributed by atoms with Crippen molar-refractivity contribution < 1.29 is 32.9 Å². The van der Waals surface area contributed by atoms with Crippen molar-refractivity contribution in [3.63, 3.8) is 0 Å². The molecule has 1 N–H and O–H groups in total. The van der Waals surface area contributed by atoms with Crippen molar-refractivity contribution in [1.29, 1.82) is 0 Å². The van der Waals surface area contributed by atoms with E-state index in [9.17, 15) is 14.0 Å². The fourth-order valence-electron chi connectivity index (χ4n) is 4.69. The molecule has 4 aromatic rings. The van der Waals surface area contributed by atoms with Gasteiger partial charge in [-0.05, 0) is 82.7 Å². The molecule has 3 heterocycles. The van der Waals surface area contributed by atoms with Crippen LogP contribution in [-0.4, -0.2) is 59.2 Å². The zero-order valence-electron chi connectivity index (χ0n) is 26.2. The molecule has 2 aromatic carbocycles. The summed E-state index contributed by atoms with van der Waals surface area (Å²) in [5, 5.41) is 4.81. The lowest BCUT2D eigenvalue weighted by Crippen LogP contribution is -2.49. The molecule has 1 aliphatic heterocycles. The second kappa shape index (κ2) is 12.9. The van der Waals surface area contributed by atoms with Gasteiger partial charge in [-0.25, -0.2) is 19.6 Å². The molecule has 238 valence electrons. The number of thiazole rings is 1. The highest BCUT2D eigenvalue weighted by atomic mass is 32.1. The molecule has 10 nitrogen and oxygen atoms in total. The molecule has 2 aromatic heterocycles. The molecule has 0 radical (unpaired) electrons. The first-order chi connectivity index (χ1) is 21.2. The summed E-state index contributed by atoms with van der Waals surface area (Å²) in [7, 11) is 0. The van der Waals surface area contributed by atoms with E-state index < -0.39 is 35.4 Å². The standard InChI is InChI=1S/C33H37FN4O6S/c1-32(2,3)43-30(39)37-24(13-20-7-10-25-26(14-20)42-12-11-41-25)19-38(31(40)44-33(4,5)6)29-36-18-27(45-29)21-8-9-22-17-35-28(34)16-23(22)15-21/h7-10,14-18,24H,11-13,19H2,1-6H3,(H,37,39). The molecule has 1 unspecified atom stereocenters. The van der Waals surface area contributed by atoms with Crippen molar-refractivity contribution in [2.45, 2.75) is 65.2 Å². The lowest BCUT2D eigenvalue weighted by Gasteiger charge is -2.30. The first kappa shape index (κ1) is 32.0. The van der Waals surface area contributed by atoms with E-state index in [1.165, 1.54) is 28.5 Å². The van der Waals surface area contributed by atoms with Crippen LogP contribution >= 0.6 is 11.3 Å². The summed E-state index contributed by atoms with van der Waals surface area (Å²) >= 11 is 1.28. The lowest BCUT2D eigenvalue weighted by atomic mass is 10.0. The molecule has 2 amide bonds. The van der Waals surface area contributed by atoms with Crippen LogP contribution < -0.4 is 19.7 Å². The molecule has 0 saturated carbocycles. The van der Waals surface area contributed by atoms with Crippen LogP contribution in [0.15, 0.2) is 54.9 Å². The maximum atomic E-state index is 13.8. The average molecular weight is 637 g/mol. The Bertz CT molecular complexity index is 1700. The van der Waals surface area contributed by atoms with Crippen molar-refractivity contribution in [2.75, 3.05) is 24.7 Å². The number of amides is 2. The molecular formula is C33H37FN4O6S. The smallest absolute Gasteiger partial charge is 0.416 e. The minimum atomic E-state index is -0.782. The van der Waals surface area contributed by atoms with Crippen molar-refractivity contribution in [2.24, 2.45) is 0 Å². The molecule has 1 aliphatic rings. The zero-order valence-corrected chi connectivity index (χ0v) is 27.0. The van der Waals surface area contributed by atoms with Crippen molar-refractivity contribution in [1.82, 2.24) is 15.3 Å². The van der Waals surface area contributed by atoms with Crippen molar-refractivity contribution >= 4 is 39.4 Å². The SMILES string of the molecule is CC(C)(C)OC(=O)NC(Cc1ccc2c(c1)OCCO2)CN(C(=O)OC(C)(C)C)c1ncc(-c2ccc3cnc(F)cc3c2)s1. The van der Waals surface area contributed by atoms with E-state index in [1.54, 1.807) is 47.7 Å². The van der Waals surface area contributed by atoms with E-state index in [1.807, 2.05) is 36.4 Å². The molecule has 0 fully saturated rings. The number of rotatable bonds is 7. The van der Waals surface area contributed by atoms with Crippen LogP contribution in [0.25, 0.3) is 21.2 Å². The maximum Gasteiger partial charge on any atom is 0.416 e. The van der Waals surface area contributed by atoms with Crippen LogP contribution in [0.4, 0.5) is 19.1 Å². The number of hydrogen-bond donors (Lipinski definition) is 1. The third kappa shape index (κ3) is 8.59. The summed E-state index contributed by atoms with van der Waals surface area (Å²) in [4.78, 5) is 37.1. The van der Waals surface area contributed by atoms with Crippen LogP contribution in [0.5, 0.6) is 11.5 Å². The quantitative estimate of drug-likeness (QED) is 0.213. The van der Waals surface area contributed by atoms with Gasteiger partial charge in [0.25, 0.3) is 0 Å². The number of carbonyl (C=O) groups excluding carboxylic acids is 2. The molecule has 12 heteroatoms. The van der Waals surface area contributed by atoms with Crippen LogP contribution in [0.3, 0.4) is 0 Å². The Labute approximate surface area is 265 Å². The third-order valence-electron chi connectivity index (χ3n) is 6.52. The van der Waals surface area contributed by atoms with Crippen LogP contribution in [-0.2, 0) is 15.9 Å². The van der Waals surface area contributed by atoms with Gasteiger partial charge in [-0.2, -0.15) is 4.39 Å². The largest absolute Gasteiger partial charge is 0.486 e. The number of ether oxygens (including phenoxy) is 4. The molecular weight excluding hydrogens is 599 g/mol. The second-order valence-electron chi connectivity index (χ2n) is 12.7. The Morgan fingerprint density at radius 1 is 0.933 bits per heavy atom. The van der Waals surface area contributed by atoms with Gasteiger partial charge in [0.05, 0.1) is 17.5 Å². The number of aromatic nitrogens is 2. The fourth-order valence-corrected chi connectivity index (χ4v) is 5.60. The number of nitrogens with one attached hydrogen (secondary N) is 1. The predicted octanol–water partition coefficient (Wildman–Crippen LogP) is 7.15. The Balaban J connectivity index is 1.46. The van der Waals surface area contributed by atoms with Gasteiger partial charge >= 0.3 is 12.2 Å². The third-order valence-corrected chi connectivity index (χ3v) is 7.59. The number of carbonyl (C=O) groups is 2. The van der Waals surface area contributed by atoms with Gasteiger partial charge in [0.1, 0.15) is 24.4 Å². The van der Waals surface area contributed by atoms with Crippen molar-refractivity contribution in [3.8, 4) is 21.9 Å². The number of alkyl carbamates (subject to hydrolysis) is 1. The van der Waals surface area contributed by atoms with E-state index in [4.69, 9.17) is 18.9 Å². The molecule has 0 aliphatic carbocycles. The fraction of sp³-hybridized carbons (Fsp3) is 0.394. The van der Waals surface area contributed by atoms with E-state index >= 15 is 0 Å². The number of benzene rings is 2. The topological polar surface area (TPSA) is 112 Å². The second-order valence-corrected chi connectivity index (χ2v) is 13.7. The van der Waals surface area contributed by atoms with Crippen molar-refractivity contribution in [3.05, 3.63) is 66.4 Å². The molecule has 0 saturated heterocycles. The summed E-state index contributed by atoms with van der Waals surface area (Å²) in [5.74, 6) is 0.705. The van der Waals surface area contributed by atoms with Gasteiger partial charge in [-0.3, -0.25) is 4.90 Å². The van der Waals surface area contributed by atoms with Crippen LogP contribution in [0.2, 0.25) is 0 Å². The van der Waals surface area contributed by atoms with E-state index in [2.05, 4.69) is 15.3 Å². The van der Waals surface area contributed by atoms with E-state index in [-0.39, 0.29) is 6.54 Å². The van der Waals surface area contributed by atoms with E-state index in [0.29, 0.717) is 41.7 Å². The lowest BCUT2D eigenvalue weighted by molar-refractivity contribution is 0.0486. The number of hydrogen-bond acceptors (Lipinski definition) is 9. The molecule has 0 bridgehead atoms. The minimum Gasteiger partial charge on any atom is -0.486 e. The summed E-state index contributed by atoms with van der Waals surface area (Å²) in [6, 6.07) is 12.0. The molecule has 5 rings (SSSR count). The number of pyridine rings is 1. The maximum absolute atomic E-state index is 13.8. The summed E-state index contributed by atoms with van der Waals surface area (Å²) < 4.78 is 36.6. The van der Waals surface area contributed by atoms with Gasteiger partial charge in [0.15, 0.2) is 16.6 Å². The van der Waals surface area contributed by atoms with Gasteiger partial charge < -0.3 is 24.3 Å². The van der Waals surface area contributed by atoms with Gasteiger partial charge in [-0.15, -0.1) is 0 Å². The summed E-state index contributed by atoms with van der Waals surface area (Å²) in [5.41, 5.74) is 0.165. The highest BCUT2D eigenvalue weighted by Crippen LogP contribution is 2.35. The predicted molar refractivity (Wildman–Crippen MR) is 171 cm³/mol. The Hall–Kier alpha value is -4.45. The highest BCUT2D eigenvalue weighted by Gasteiger charge is 2.30. The number of halogens is 1. The van der Waals surface area contributed by atoms with Crippen LogP contribution in [0, 0.1) is 5.95 Å². The van der Waals surface area contributed by atoms with Gasteiger partial charge in [-0.1, -0.05) is 29.5 Å². The summed E-state index contributed by atoms with van der Waals surface area (Å²) in [6.45, 7) is 11.6. The van der Waals surface area contributed by atoms with Crippen LogP contribution in [0.1, 0.15) is 47.1 Å². The molecule has 0 spiro atoms. The monoisotopic (exact) mass is 636 g/mol. The summed E-state index contributed by atoms with van der Waals surface area (Å²) in [6.07, 6.45) is 2.25. The Morgan fingerprint density at radius 3 is 2.40 bits per heavy atom. The number of fused-ring (bicyclic) bond motifs is 2.